The molecule has 0 fully saturated rings. The number of primary amides is 1. The van der Waals surface area contributed by atoms with Gasteiger partial charge in [-0.3, -0.25) is 9.59 Å². The number of amides is 2. The molecule has 0 heterocycles. The second-order valence-electron chi connectivity index (χ2n) is 5.74. The second-order valence-corrected chi connectivity index (χ2v) is 5.74. The summed E-state index contributed by atoms with van der Waals surface area (Å²) in [6.07, 6.45) is 0.637. The molecule has 0 aliphatic rings. The van der Waals surface area contributed by atoms with E-state index in [4.69, 9.17) is 10.8 Å². The van der Waals surface area contributed by atoms with Gasteiger partial charge in [0.1, 0.15) is 6.04 Å². The monoisotopic (exact) mass is 326 g/mol. The van der Waals surface area contributed by atoms with Crippen molar-refractivity contribution < 1.29 is 14.7 Å². The smallest absolute Gasteiger partial charge is 0.254 e. The van der Waals surface area contributed by atoms with Crippen LogP contribution in [0.2, 0.25) is 0 Å². The molecule has 2 amide bonds. The summed E-state index contributed by atoms with van der Waals surface area (Å²) in [4.78, 5) is 24.9. The molecule has 3 N–H and O–H groups in total. The maximum Gasteiger partial charge on any atom is 0.254 e. The molecule has 5 nitrogen and oxygen atoms in total. The van der Waals surface area contributed by atoms with Crippen LogP contribution in [-0.4, -0.2) is 41.5 Å². The topological polar surface area (TPSA) is 83.6 Å². The molecule has 2 rings (SSSR count). The summed E-state index contributed by atoms with van der Waals surface area (Å²) in [6.45, 7) is 1.73. The number of rotatable bonds is 6. The molecule has 0 aliphatic carbocycles. The molecule has 0 saturated carbocycles. The predicted octanol–water partition coefficient (Wildman–Crippen LogP) is 1.83. The lowest BCUT2D eigenvalue weighted by Crippen LogP contribution is -2.43. The third-order valence-corrected chi connectivity index (χ3v) is 4.13. The Morgan fingerprint density at radius 2 is 1.54 bits per heavy atom. The zero-order valence-corrected chi connectivity index (χ0v) is 13.9. The van der Waals surface area contributed by atoms with Gasteiger partial charge in [-0.25, -0.2) is 0 Å². The maximum absolute atomic E-state index is 12.3. The standard InChI is InChI=1S/C19H22N2O3/c1-13(18(20)23)21(2)19(24)17-9-7-16(8-10-17)15-5-3-14(4-6-15)11-12-22/h3-10,13,22H,11-12H2,1-2H3,(H2,20,23)/t13-/m1/s1. The van der Waals surface area contributed by atoms with Crippen LogP contribution in [0.15, 0.2) is 48.5 Å². The van der Waals surface area contributed by atoms with Gasteiger partial charge in [0, 0.05) is 19.2 Å². The molecule has 126 valence electrons. The quantitative estimate of drug-likeness (QED) is 0.849. The zero-order valence-electron chi connectivity index (χ0n) is 13.9. The first-order chi connectivity index (χ1) is 11.4. The number of aliphatic hydroxyl groups is 1. The van der Waals surface area contributed by atoms with Crippen LogP contribution in [0.3, 0.4) is 0 Å². The SMILES string of the molecule is C[C@H](C(N)=O)N(C)C(=O)c1ccc(-c2ccc(CCO)cc2)cc1. The van der Waals surface area contributed by atoms with Gasteiger partial charge >= 0.3 is 0 Å². The van der Waals surface area contributed by atoms with E-state index < -0.39 is 11.9 Å². The zero-order chi connectivity index (χ0) is 17.7. The summed E-state index contributed by atoms with van der Waals surface area (Å²) in [5.41, 5.74) is 8.85. The van der Waals surface area contributed by atoms with Crippen molar-refractivity contribution in [2.75, 3.05) is 13.7 Å². The van der Waals surface area contributed by atoms with E-state index in [1.165, 1.54) is 4.90 Å². The Morgan fingerprint density at radius 3 is 2.00 bits per heavy atom. The Morgan fingerprint density at radius 1 is 1.04 bits per heavy atom. The molecular formula is C19H22N2O3. The first-order valence-electron chi connectivity index (χ1n) is 7.80. The highest BCUT2D eigenvalue weighted by Gasteiger charge is 2.21. The van der Waals surface area contributed by atoms with Crippen molar-refractivity contribution in [1.82, 2.24) is 4.90 Å². The molecule has 0 bridgehead atoms. The lowest BCUT2D eigenvalue weighted by molar-refractivity contribution is -0.121. The highest BCUT2D eigenvalue weighted by atomic mass is 16.3. The number of hydrogen-bond acceptors (Lipinski definition) is 3. The van der Waals surface area contributed by atoms with Gasteiger partial charge in [-0.15, -0.1) is 0 Å². The number of carbonyl (C=O) groups excluding carboxylic acids is 2. The highest BCUT2D eigenvalue weighted by Crippen LogP contribution is 2.21. The van der Waals surface area contributed by atoms with Crippen LogP contribution in [-0.2, 0) is 11.2 Å². The average Bonchev–Trinajstić information content (AvgIpc) is 2.61. The first kappa shape index (κ1) is 17.7. The van der Waals surface area contributed by atoms with E-state index in [1.807, 2.05) is 36.4 Å². The average molecular weight is 326 g/mol. The van der Waals surface area contributed by atoms with Crippen molar-refractivity contribution in [2.45, 2.75) is 19.4 Å². The summed E-state index contributed by atoms with van der Waals surface area (Å²) < 4.78 is 0. The first-order valence-corrected chi connectivity index (χ1v) is 7.80. The summed E-state index contributed by atoms with van der Waals surface area (Å²) in [5, 5.41) is 8.94. The second kappa shape index (κ2) is 7.75. The Kier molecular flexibility index (Phi) is 5.71. The van der Waals surface area contributed by atoms with E-state index in [-0.39, 0.29) is 12.5 Å². The summed E-state index contributed by atoms with van der Waals surface area (Å²) in [6, 6.07) is 14.5. The number of nitrogens with two attached hydrogens (primary N) is 1. The molecule has 2 aromatic rings. The van der Waals surface area contributed by atoms with Crippen LogP contribution in [0.4, 0.5) is 0 Å². The lowest BCUT2D eigenvalue weighted by atomic mass is 10.0. The molecule has 0 aromatic heterocycles. The van der Waals surface area contributed by atoms with Crippen LogP contribution < -0.4 is 5.73 Å². The Bertz CT molecular complexity index is 708. The van der Waals surface area contributed by atoms with Gasteiger partial charge in [0.25, 0.3) is 5.91 Å². The minimum atomic E-state index is -0.656. The number of benzene rings is 2. The molecule has 1 atom stereocenters. The fourth-order valence-corrected chi connectivity index (χ4v) is 2.37. The normalized spacial score (nSPS) is 11.8. The van der Waals surface area contributed by atoms with Gasteiger partial charge in [-0.1, -0.05) is 36.4 Å². The van der Waals surface area contributed by atoms with Crippen LogP contribution in [0.25, 0.3) is 11.1 Å². The number of carbonyl (C=O) groups is 2. The maximum atomic E-state index is 12.3. The fraction of sp³-hybridized carbons (Fsp3) is 0.263. The van der Waals surface area contributed by atoms with Gasteiger partial charge in [0.2, 0.25) is 5.91 Å². The molecule has 0 aliphatic heterocycles. The van der Waals surface area contributed by atoms with Gasteiger partial charge in [0.05, 0.1) is 0 Å². The highest BCUT2D eigenvalue weighted by molar-refractivity contribution is 5.97. The van der Waals surface area contributed by atoms with Crippen molar-refractivity contribution >= 4 is 11.8 Å². The molecule has 2 aromatic carbocycles. The summed E-state index contributed by atoms with van der Waals surface area (Å²) >= 11 is 0. The van der Waals surface area contributed by atoms with E-state index in [0.717, 1.165) is 16.7 Å². The van der Waals surface area contributed by atoms with Crippen molar-refractivity contribution in [1.29, 1.82) is 0 Å². The van der Waals surface area contributed by atoms with Gasteiger partial charge in [0.15, 0.2) is 0 Å². The van der Waals surface area contributed by atoms with Crippen LogP contribution in [0.5, 0.6) is 0 Å². The third kappa shape index (κ3) is 4.00. The van der Waals surface area contributed by atoms with Gasteiger partial charge < -0.3 is 15.7 Å². The summed E-state index contributed by atoms with van der Waals surface area (Å²) in [7, 11) is 1.56. The number of aliphatic hydroxyl groups excluding tert-OH is 1. The van der Waals surface area contributed by atoms with Crippen LogP contribution >= 0.6 is 0 Å². The van der Waals surface area contributed by atoms with Gasteiger partial charge in [-0.05, 0) is 42.2 Å². The van der Waals surface area contributed by atoms with Crippen molar-refractivity contribution in [3.05, 3.63) is 59.7 Å². The van der Waals surface area contributed by atoms with Crippen LogP contribution in [0, 0.1) is 0 Å². The van der Waals surface area contributed by atoms with Gasteiger partial charge in [-0.2, -0.15) is 0 Å². The molecule has 0 unspecified atom stereocenters. The lowest BCUT2D eigenvalue weighted by Gasteiger charge is -2.22. The minimum absolute atomic E-state index is 0.132. The van der Waals surface area contributed by atoms with Crippen molar-refractivity contribution in [2.24, 2.45) is 5.73 Å². The van der Waals surface area contributed by atoms with Crippen LogP contribution in [0.1, 0.15) is 22.8 Å². The predicted molar refractivity (Wildman–Crippen MR) is 93.4 cm³/mol. The molecule has 0 spiro atoms. The van der Waals surface area contributed by atoms with Crippen molar-refractivity contribution in [3.63, 3.8) is 0 Å². The number of nitrogens with zero attached hydrogens (tertiary/aromatic N) is 1. The number of likely N-dealkylation sites (N-methyl/N-ethyl adjacent to an activating group) is 1. The Labute approximate surface area is 141 Å². The molecular weight excluding hydrogens is 304 g/mol. The number of hydrogen-bond donors (Lipinski definition) is 2. The van der Waals surface area contributed by atoms with E-state index in [1.54, 1.807) is 26.1 Å². The molecule has 5 heteroatoms. The largest absolute Gasteiger partial charge is 0.396 e. The Hall–Kier alpha value is -2.66. The molecule has 24 heavy (non-hydrogen) atoms. The van der Waals surface area contributed by atoms with E-state index >= 15 is 0 Å². The van der Waals surface area contributed by atoms with E-state index in [2.05, 4.69) is 0 Å². The van der Waals surface area contributed by atoms with E-state index in [9.17, 15) is 9.59 Å². The molecule has 0 saturated heterocycles. The fourth-order valence-electron chi connectivity index (χ4n) is 2.37. The minimum Gasteiger partial charge on any atom is -0.396 e. The molecule has 0 radical (unpaired) electrons. The van der Waals surface area contributed by atoms with E-state index in [0.29, 0.717) is 12.0 Å². The third-order valence-electron chi connectivity index (χ3n) is 4.13. The summed E-state index contributed by atoms with van der Waals surface area (Å²) in [5.74, 6) is -0.781. The Balaban J connectivity index is 2.15. The van der Waals surface area contributed by atoms with Crippen molar-refractivity contribution in [3.8, 4) is 11.1 Å².